The molecule has 0 spiro atoms. The van der Waals surface area contributed by atoms with Crippen molar-refractivity contribution in [1.29, 1.82) is 0 Å². The quantitative estimate of drug-likeness (QED) is 0.124. The third-order valence-corrected chi connectivity index (χ3v) is 7.05. The minimum Gasteiger partial charge on any atom is -0.496 e. The van der Waals surface area contributed by atoms with Gasteiger partial charge in [-0.15, -0.1) is 0 Å². The van der Waals surface area contributed by atoms with Crippen LogP contribution < -0.4 is 5.32 Å². The van der Waals surface area contributed by atoms with Gasteiger partial charge in [-0.2, -0.15) is 0 Å². The number of unbranched alkanes of at least 4 members (excludes halogenated alkanes) is 2. The maximum Gasteiger partial charge on any atom is 0.408 e. The maximum atomic E-state index is 13.0. The van der Waals surface area contributed by atoms with E-state index >= 15 is 0 Å². The first-order chi connectivity index (χ1) is 18.0. The average molecular weight is 568 g/mol. The van der Waals surface area contributed by atoms with Crippen molar-refractivity contribution in [3.8, 4) is 0 Å². The summed E-state index contributed by atoms with van der Waals surface area (Å²) in [6.45, 7) is 32.5. The highest BCUT2D eigenvalue weighted by atomic mass is 16.6. The zero-order valence-electron chi connectivity index (χ0n) is 28.6. The Bertz CT molecular complexity index is 789. The summed E-state index contributed by atoms with van der Waals surface area (Å²) in [5, 5.41) is 2.79. The fourth-order valence-electron chi connectivity index (χ4n) is 5.77. The van der Waals surface area contributed by atoms with Crippen molar-refractivity contribution < 1.29 is 23.8 Å². The first-order valence-corrected chi connectivity index (χ1v) is 15.5. The van der Waals surface area contributed by atoms with E-state index in [-0.39, 0.29) is 28.1 Å². The van der Waals surface area contributed by atoms with Gasteiger partial charge in [0.2, 0.25) is 0 Å². The first kappa shape index (κ1) is 38.3. The lowest BCUT2D eigenvalue weighted by Gasteiger charge is -2.36. The summed E-state index contributed by atoms with van der Waals surface area (Å²) in [6.07, 6.45) is 8.30. The van der Waals surface area contributed by atoms with Crippen molar-refractivity contribution in [1.82, 2.24) is 5.32 Å². The summed E-state index contributed by atoms with van der Waals surface area (Å²) in [4.78, 5) is 25.6. The van der Waals surface area contributed by atoms with Crippen LogP contribution in [0.3, 0.4) is 0 Å². The van der Waals surface area contributed by atoms with Crippen LogP contribution in [-0.2, 0) is 19.0 Å². The van der Waals surface area contributed by atoms with Gasteiger partial charge >= 0.3 is 12.1 Å². The van der Waals surface area contributed by atoms with Crippen LogP contribution in [0.15, 0.2) is 12.3 Å². The van der Waals surface area contributed by atoms with E-state index in [1.807, 2.05) is 0 Å². The summed E-state index contributed by atoms with van der Waals surface area (Å²) in [5.41, 5.74) is -0.570. The Hall–Kier alpha value is -1.72. The molecule has 1 N–H and O–H groups in total. The van der Waals surface area contributed by atoms with Crippen molar-refractivity contribution in [3.05, 3.63) is 12.3 Å². The summed E-state index contributed by atoms with van der Waals surface area (Å²) in [7, 11) is 0. The van der Waals surface area contributed by atoms with Gasteiger partial charge in [-0.3, -0.25) is 4.79 Å². The highest BCUT2D eigenvalue weighted by Crippen LogP contribution is 2.39. The SMILES string of the molecule is C=C(OCC(C)(C)CC(C)(C)CCCC)C(CC(=O)OCC(C)(C)CC(C)(C)CCCC)NC(=O)OC(C)(C)C. The number of carbonyl (C=O) groups excluding carboxylic acids is 2. The van der Waals surface area contributed by atoms with Crippen molar-refractivity contribution in [2.75, 3.05) is 13.2 Å². The van der Waals surface area contributed by atoms with Crippen molar-refractivity contribution >= 4 is 12.1 Å². The Morgan fingerprint density at radius 1 is 0.700 bits per heavy atom. The number of carbonyl (C=O) groups is 2. The molecule has 1 unspecified atom stereocenters. The normalized spacial score (nSPS) is 13.9. The molecule has 0 aromatic rings. The molecule has 1 atom stereocenters. The van der Waals surface area contributed by atoms with Gasteiger partial charge in [0.25, 0.3) is 0 Å². The number of hydrogen-bond acceptors (Lipinski definition) is 5. The molecule has 236 valence electrons. The van der Waals surface area contributed by atoms with Gasteiger partial charge in [-0.1, -0.05) is 101 Å². The van der Waals surface area contributed by atoms with E-state index in [1.54, 1.807) is 20.8 Å². The third kappa shape index (κ3) is 18.6. The van der Waals surface area contributed by atoms with Crippen LogP contribution in [0.5, 0.6) is 0 Å². The highest BCUT2D eigenvalue weighted by molar-refractivity contribution is 5.73. The Labute approximate surface area is 247 Å². The lowest BCUT2D eigenvalue weighted by molar-refractivity contribution is -0.148. The molecule has 0 rings (SSSR count). The zero-order valence-corrected chi connectivity index (χ0v) is 28.6. The molecular formula is C34H65NO5. The van der Waals surface area contributed by atoms with Gasteiger partial charge in [-0.05, 0) is 68.1 Å². The average Bonchev–Trinajstić information content (AvgIpc) is 2.75. The number of alkyl carbamates (subject to hydrolysis) is 1. The Kier molecular flexibility index (Phi) is 15.4. The predicted molar refractivity (Wildman–Crippen MR) is 167 cm³/mol. The van der Waals surface area contributed by atoms with Crippen LogP contribution in [0.25, 0.3) is 0 Å². The van der Waals surface area contributed by atoms with E-state index in [2.05, 4.69) is 81.1 Å². The van der Waals surface area contributed by atoms with Gasteiger partial charge in [0, 0.05) is 0 Å². The number of amides is 1. The molecule has 0 radical (unpaired) electrons. The van der Waals surface area contributed by atoms with E-state index in [0.717, 1.165) is 25.7 Å². The van der Waals surface area contributed by atoms with E-state index < -0.39 is 23.7 Å². The Balaban J connectivity index is 5.36. The minimum absolute atomic E-state index is 0.0736. The standard InChI is InChI=1S/C34H65NO5/c1-15-17-19-31(7,8)22-33(11,12)24-38-26(3)27(35-29(37)40-30(4,5)6)21-28(36)39-25-34(13,14)23-32(9,10)20-18-16-2/h27H,3,15-25H2,1-2,4-14H3,(H,35,37). The van der Waals surface area contributed by atoms with Crippen LogP contribution >= 0.6 is 0 Å². The van der Waals surface area contributed by atoms with Gasteiger partial charge in [0.15, 0.2) is 0 Å². The minimum atomic E-state index is -0.754. The van der Waals surface area contributed by atoms with Gasteiger partial charge in [0.1, 0.15) is 11.4 Å². The highest BCUT2D eigenvalue weighted by Gasteiger charge is 2.33. The van der Waals surface area contributed by atoms with E-state index in [4.69, 9.17) is 14.2 Å². The first-order valence-electron chi connectivity index (χ1n) is 15.5. The summed E-state index contributed by atoms with van der Waals surface area (Å²) in [6, 6.07) is -0.754. The number of ether oxygens (including phenoxy) is 3. The molecule has 0 aliphatic rings. The summed E-state index contributed by atoms with van der Waals surface area (Å²) >= 11 is 0. The van der Waals surface area contributed by atoms with Crippen LogP contribution in [0.4, 0.5) is 4.79 Å². The van der Waals surface area contributed by atoms with Crippen LogP contribution in [0.2, 0.25) is 0 Å². The maximum absolute atomic E-state index is 13.0. The monoisotopic (exact) mass is 567 g/mol. The fraction of sp³-hybridized carbons (Fsp3) is 0.882. The number of esters is 1. The second kappa shape index (κ2) is 16.1. The molecule has 6 heteroatoms. The molecule has 0 saturated heterocycles. The topological polar surface area (TPSA) is 73.9 Å². The number of hydrogen-bond donors (Lipinski definition) is 1. The van der Waals surface area contributed by atoms with E-state index in [0.29, 0.717) is 19.0 Å². The van der Waals surface area contributed by atoms with E-state index in [1.165, 1.54) is 25.7 Å². The number of rotatable bonds is 19. The Morgan fingerprint density at radius 2 is 1.12 bits per heavy atom. The molecule has 0 bridgehead atoms. The second-order valence-electron chi connectivity index (χ2n) is 16.0. The molecule has 0 heterocycles. The molecule has 0 aromatic carbocycles. The van der Waals surface area contributed by atoms with Crippen LogP contribution in [0.1, 0.15) is 148 Å². The molecule has 0 aromatic heterocycles. The largest absolute Gasteiger partial charge is 0.496 e. The molecule has 1 amide bonds. The van der Waals surface area contributed by atoms with Gasteiger partial charge < -0.3 is 19.5 Å². The van der Waals surface area contributed by atoms with Crippen LogP contribution in [0, 0.1) is 21.7 Å². The molecular weight excluding hydrogens is 502 g/mol. The second-order valence-corrected chi connectivity index (χ2v) is 16.0. The lowest BCUT2D eigenvalue weighted by atomic mass is 9.73. The summed E-state index contributed by atoms with van der Waals surface area (Å²) < 4.78 is 17.3. The molecule has 0 aliphatic carbocycles. The van der Waals surface area contributed by atoms with Crippen LogP contribution in [-0.4, -0.2) is 36.9 Å². The molecule has 0 fully saturated rings. The molecule has 0 saturated carbocycles. The zero-order chi connectivity index (χ0) is 31.4. The Morgan fingerprint density at radius 3 is 1.52 bits per heavy atom. The molecule has 6 nitrogen and oxygen atoms in total. The summed E-state index contributed by atoms with van der Waals surface area (Å²) in [5.74, 6) is -0.0626. The van der Waals surface area contributed by atoms with Gasteiger partial charge in [0.05, 0.1) is 25.7 Å². The molecule has 0 aliphatic heterocycles. The van der Waals surface area contributed by atoms with Crippen molar-refractivity contribution in [2.24, 2.45) is 21.7 Å². The van der Waals surface area contributed by atoms with Crippen molar-refractivity contribution in [3.63, 3.8) is 0 Å². The van der Waals surface area contributed by atoms with Crippen molar-refractivity contribution in [2.45, 2.75) is 159 Å². The third-order valence-electron chi connectivity index (χ3n) is 7.05. The predicted octanol–water partition coefficient (Wildman–Crippen LogP) is 9.61. The smallest absolute Gasteiger partial charge is 0.408 e. The number of nitrogens with one attached hydrogen (secondary N) is 1. The fourth-order valence-corrected chi connectivity index (χ4v) is 5.77. The van der Waals surface area contributed by atoms with E-state index in [9.17, 15) is 9.59 Å². The van der Waals surface area contributed by atoms with Gasteiger partial charge in [-0.25, -0.2) is 4.79 Å². The lowest BCUT2D eigenvalue weighted by Crippen LogP contribution is -2.42. The molecule has 40 heavy (non-hydrogen) atoms.